The zero-order valence-electron chi connectivity index (χ0n) is 12.1. The zero-order valence-corrected chi connectivity index (χ0v) is 12.1. The van der Waals surface area contributed by atoms with E-state index in [1.807, 2.05) is 51.1 Å². The molecule has 2 rings (SSSR count). The van der Waals surface area contributed by atoms with Gasteiger partial charge in [-0.25, -0.2) is 4.98 Å². The Labute approximate surface area is 118 Å². The number of amides is 1. The van der Waals surface area contributed by atoms with Gasteiger partial charge in [0, 0.05) is 5.92 Å². The van der Waals surface area contributed by atoms with Gasteiger partial charge >= 0.3 is 0 Å². The van der Waals surface area contributed by atoms with Crippen molar-refractivity contribution in [2.24, 2.45) is 0 Å². The van der Waals surface area contributed by atoms with E-state index in [1.165, 1.54) is 0 Å². The lowest BCUT2D eigenvalue weighted by molar-refractivity contribution is 0.0925. The van der Waals surface area contributed by atoms with Crippen molar-refractivity contribution in [1.29, 1.82) is 0 Å². The molecule has 1 heterocycles. The number of hydrogen-bond acceptors (Lipinski definition) is 3. The molecule has 0 saturated heterocycles. The highest BCUT2D eigenvalue weighted by molar-refractivity contribution is 5.90. The van der Waals surface area contributed by atoms with Crippen LogP contribution in [-0.2, 0) is 0 Å². The monoisotopic (exact) mass is 272 g/mol. The number of hydrogen-bond donors (Lipinski definition) is 2. The number of H-pyrrole nitrogens is 1. The fourth-order valence-electron chi connectivity index (χ4n) is 1.96. The van der Waals surface area contributed by atoms with Crippen LogP contribution in [0.5, 0.6) is 0 Å². The number of nitrogens with one attached hydrogen (secondary N) is 2. The molecule has 1 unspecified atom stereocenters. The van der Waals surface area contributed by atoms with Gasteiger partial charge in [-0.3, -0.25) is 9.89 Å². The summed E-state index contributed by atoms with van der Waals surface area (Å²) in [6.07, 6.45) is 0.817. The van der Waals surface area contributed by atoms with Crippen molar-refractivity contribution in [3.05, 3.63) is 47.5 Å². The van der Waals surface area contributed by atoms with Gasteiger partial charge in [0.25, 0.3) is 5.91 Å². The first kappa shape index (κ1) is 14.2. The molecular formula is C15H20N4O. The Morgan fingerprint density at radius 2 is 2.00 bits per heavy atom. The van der Waals surface area contributed by atoms with E-state index in [0.29, 0.717) is 0 Å². The highest BCUT2D eigenvalue weighted by Crippen LogP contribution is 2.16. The molecule has 0 aliphatic rings. The molecule has 0 saturated carbocycles. The van der Waals surface area contributed by atoms with Crippen LogP contribution in [0.3, 0.4) is 0 Å². The Morgan fingerprint density at radius 3 is 2.55 bits per heavy atom. The number of aromatic nitrogens is 3. The van der Waals surface area contributed by atoms with Gasteiger partial charge in [-0.05, 0) is 12.0 Å². The third-order valence-corrected chi connectivity index (χ3v) is 3.17. The number of rotatable bonds is 5. The standard InChI is InChI=1S/C15H20N4O/c1-4-12(11-8-6-5-7-9-11)16-15(20)14-17-13(10(2)3)18-19-14/h5-10,12H,4H2,1-3H3,(H,16,20)(H,17,18,19). The van der Waals surface area contributed by atoms with Crippen molar-refractivity contribution < 1.29 is 4.79 Å². The van der Waals surface area contributed by atoms with E-state index in [9.17, 15) is 4.79 Å². The maximum absolute atomic E-state index is 12.2. The van der Waals surface area contributed by atoms with Gasteiger partial charge in [-0.15, -0.1) is 5.10 Å². The Balaban J connectivity index is 2.09. The minimum atomic E-state index is -0.246. The van der Waals surface area contributed by atoms with E-state index in [0.717, 1.165) is 17.8 Å². The smallest absolute Gasteiger partial charge is 0.291 e. The van der Waals surface area contributed by atoms with Crippen LogP contribution in [0.1, 0.15) is 61.2 Å². The molecule has 106 valence electrons. The Bertz CT molecular complexity index is 562. The van der Waals surface area contributed by atoms with E-state index in [-0.39, 0.29) is 23.7 Å². The summed E-state index contributed by atoms with van der Waals surface area (Å²) in [5.41, 5.74) is 1.09. The Hall–Kier alpha value is -2.17. The highest BCUT2D eigenvalue weighted by atomic mass is 16.2. The van der Waals surface area contributed by atoms with Crippen LogP contribution >= 0.6 is 0 Å². The number of carbonyl (C=O) groups is 1. The summed E-state index contributed by atoms with van der Waals surface area (Å²) in [6, 6.07) is 9.88. The van der Waals surface area contributed by atoms with Crippen LogP contribution in [0.15, 0.2) is 30.3 Å². The Morgan fingerprint density at radius 1 is 1.30 bits per heavy atom. The average Bonchev–Trinajstić information content (AvgIpc) is 2.95. The lowest BCUT2D eigenvalue weighted by Crippen LogP contribution is -2.29. The molecule has 2 N–H and O–H groups in total. The van der Waals surface area contributed by atoms with Crippen molar-refractivity contribution in [3.8, 4) is 0 Å². The van der Waals surface area contributed by atoms with Gasteiger partial charge in [0.15, 0.2) is 0 Å². The summed E-state index contributed by atoms with van der Waals surface area (Å²) in [4.78, 5) is 16.4. The van der Waals surface area contributed by atoms with Crippen LogP contribution in [0, 0.1) is 0 Å². The van der Waals surface area contributed by atoms with Crippen LogP contribution in [-0.4, -0.2) is 21.1 Å². The number of nitrogens with zero attached hydrogens (tertiary/aromatic N) is 2. The van der Waals surface area contributed by atoms with E-state index < -0.39 is 0 Å². The first-order valence-corrected chi connectivity index (χ1v) is 6.90. The molecule has 1 atom stereocenters. The normalized spacial score (nSPS) is 12.4. The summed E-state index contributed by atoms with van der Waals surface area (Å²) in [7, 11) is 0. The van der Waals surface area contributed by atoms with Crippen LogP contribution in [0.25, 0.3) is 0 Å². The first-order valence-electron chi connectivity index (χ1n) is 6.90. The predicted octanol–water partition coefficient (Wildman–Crippen LogP) is 2.81. The van der Waals surface area contributed by atoms with Crippen molar-refractivity contribution in [2.75, 3.05) is 0 Å². The molecule has 2 aromatic rings. The number of aromatic amines is 1. The fraction of sp³-hybridized carbons (Fsp3) is 0.400. The predicted molar refractivity (Wildman–Crippen MR) is 77.4 cm³/mol. The third kappa shape index (κ3) is 3.23. The maximum atomic E-state index is 12.2. The SMILES string of the molecule is CCC(NC(=O)c1n[nH]c(C(C)C)n1)c1ccccc1. The van der Waals surface area contributed by atoms with Crippen molar-refractivity contribution in [3.63, 3.8) is 0 Å². The molecule has 0 spiro atoms. The van der Waals surface area contributed by atoms with E-state index in [2.05, 4.69) is 20.5 Å². The van der Waals surface area contributed by atoms with Gasteiger partial charge in [0.1, 0.15) is 5.82 Å². The molecule has 0 aliphatic carbocycles. The summed E-state index contributed by atoms with van der Waals surface area (Å²) in [5, 5.41) is 9.73. The molecule has 0 fully saturated rings. The second-order valence-corrected chi connectivity index (χ2v) is 5.04. The molecule has 20 heavy (non-hydrogen) atoms. The summed E-state index contributed by atoms with van der Waals surface area (Å²) in [6.45, 7) is 6.04. The molecule has 0 aliphatic heterocycles. The molecule has 5 nitrogen and oxygen atoms in total. The van der Waals surface area contributed by atoms with Gasteiger partial charge < -0.3 is 5.32 Å². The topological polar surface area (TPSA) is 70.7 Å². The highest BCUT2D eigenvalue weighted by Gasteiger charge is 2.18. The zero-order chi connectivity index (χ0) is 14.5. The molecule has 0 bridgehead atoms. The molecule has 5 heteroatoms. The van der Waals surface area contributed by atoms with Crippen LogP contribution < -0.4 is 5.32 Å². The molecular weight excluding hydrogens is 252 g/mol. The maximum Gasteiger partial charge on any atom is 0.291 e. The van der Waals surface area contributed by atoms with Crippen LogP contribution in [0.2, 0.25) is 0 Å². The molecule has 1 aromatic heterocycles. The quantitative estimate of drug-likeness (QED) is 0.879. The lowest BCUT2D eigenvalue weighted by Gasteiger charge is -2.16. The van der Waals surface area contributed by atoms with E-state index in [4.69, 9.17) is 0 Å². The van der Waals surface area contributed by atoms with Crippen LogP contribution in [0.4, 0.5) is 0 Å². The van der Waals surface area contributed by atoms with Gasteiger partial charge in [0.05, 0.1) is 6.04 Å². The Kier molecular flexibility index (Phi) is 4.50. The van der Waals surface area contributed by atoms with Crippen molar-refractivity contribution in [1.82, 2.24) is 20.5 Å². The summed E-state index contributed by atoms with van der Waals surface area (Å²) in [5.74, 6) is 0.898. The molecule has 1 amide bonds. The van der Waals surface area contributed by atoms with Gasteiger partial charge in [-0.2, -0.15) is 0 Å². The fourth-order valence-corrected chi connectivity index (χ4v) is 1.96. The van der Waals surface area contributed by atoms with Crippen molar-refractivity contribution >= 4 is 5.91 Å². The van der Waals surface area contributed by atoms with Gasteiger partial charge in [-0.1, -0.05) is 51.1 Å². The van der Waals surface area contributed by atoms with Crippen molar-refractivity contribution in [2.45, 2.75) is 39.2 Å². The number of benzene rings is 1. The molecule has 1 aromatic carbocycles. The second kappa shape index (κ2) is 6.32. The summed E-state index contributed by atoms with van der Waals surface area (Å²) >= 11 is 0. The van der Waals surface area contributed by atoms with E-state index in [1.54, 1.807) is 0 Å². The molecule has 0 radical (unpaired) electrons. The summed E-state index contributed by atoms with van der Waals surface area (Å²) < 4.78 is 0. The minimum absolute atomic E-state index is 0.0234. The lowest BCUT2D eigenvalue weighted by atomic mass is 10.0. The third-order valence-electron chi connectivity index (χ3n) is 3.17. The number of carbonyl (C=O) groups excluding carboxylic acids is 1. The van der Waals surface area contributed by atoms with Gasteiger partial charge in [0.2, 0.25) is 5.82 Å². The largest absolute Gasteiger partial charge is 0.342 e. The minimum Gasteiger partial charge on any atom is -0.342 e. The average molecular weight is 272 g/mol. The van der Waals surface area contributed by atoms with E-state index >= 15 is 0 Å². The second-order valence-electron chi connectivity index (χ2n) is 5.04. The first-order chi connectivity index (χ1) is 9.61.